The van der Waals surface area contributed by atoms with Gasteiger partial charge in [-0.3, -0.25) is 9.69 Å². The standard InChI is InChI=1S/C27H31N5O3/c33-26(25-19-22-5-1-2-6-24(22)35-25)28-13-4-18-34-23-9-7-21(8-10-23)20-31-14-16-32(17-15-31)27-29-11-3-12-30-27/h1-3,5-12,25H,4,13-20H2,(H,28,33). The molecule has 0 aliphatic carbocycles. The highest BCUT2D eigenvalue weighted by Gasteiger charge is 2.28. The quantitative estimate of drug-likeness (QED) is 0.479. The van der Waals surface area contributed by atoms with Crippen molar-refractivity contribution in [1.82, 2.24) is 20.2 Å². The number of anilines is 1. The average molecular weight is 474 g/mol. The molecule has 1 atom stereocenters. The van der Waals surface area contributed by atoms with Gasteiger partial charge in [0, 0.05) is 58.1 Å². The summed E-state index contributed by atoms with van der Waals surface area (Å²) in [6.45, 7) is 5.87. The largest absolute Gasteiger partial charge is 0.494 e. The molecule has 3 aromatic rings. The zero-order valence-electron chi connectivity index (χ0n) is 19.8. The van der Waals surface area contributed by atoms with Crippen LogP contribution in [0, 0.1) is 0 Å². The van der Waals surface area contributed by atoms with Crippen molar-refractivity contribution in [1.29, 1.82) is 0 Å². The lowest BCUT2D eigenvalue weighted by Crippen LogP contribution is -2.46. The van der Waals surface area contributed by atoms with Gasteiger partial charge in [-0.25, -0.2) is 9.97 Å². The molecule has 2 aromatic carbocycles. The van der Waals surface area contributed by atoms with E-state index >= 15 is 0 Å². The smallest absolute Gasteiger partial charge is 0.261 e. The molecule has 8 nitrogen and oxygen atoms in total. The second-order valence-corrected chi connectivity index (χ2v) is 8.87. The van der Waals surface area contributed by atoms with Crippen LogP contribution in [0.5, 0.6) is 11.5 Å². The molecular formula is C27H31N5O3. The third kappa shape index (κ3) is 6.08. The summed E-state index contributed by atoms with van der Waals surface area (Å²) < 4.78 is 11.6. The highest BCUT2D eigenvalue weighted by Crippen LogP contribution is 2.28. The van der Waals surface area contributed by atoms with Crippen molar-refractivity contribution in [2.75, 3.05) is 44.2 Å². The number of carbonyl (C=O) groups excluding carboxylic acids is 1. The van der Waals surface area contributed by atoms with Crippen molar-refractivity contribution < 1.29 is 14.3 Å². The van der Waals surface area contributed by atoms with Crippen LogP contribution >= 0.6 is 0 Å². The summed E-state index contributed by atoms with van der Waals surface area (Å²) in [5.41, 5.74) is 2.36. The fraction of sp³-hybridized carbons (Fsp3) is 0.370. The van der Waals surface area contributed by atoms with E-state index in [9.17, 15) is 4.79 Å². The van der Waals surface area contributed by atoms with E-state index in [2.05, 4.69) is 37.2 Å². The molecule has 1 amide bonds. The molecule has 8 heteroatoms. The predicted molar refractivity (Wildman–Crippen MR) is 134 cm³/mol. The second-order valence-electron chi connectivity index (χ2n) is 8.87. The molecule has 0 radical (unpaired) electrons. The molecule has 0 bridgehead atoms. The van der Waals surface area contributed by atoms with Crippen molar-refractivity contribution in [3.8, 4) is 11.5 Å². The number of benzene rings is 2. The Hall–Kier alpha value is -3.65. The lowest BCUT2D eigenvalue weighted by atomic mass is 10.1. The highest BCUT2D eigenvalue weighted by atomic mass is 16.5. The van der Waals surface area contributed by atoms with Crippen LogP contribution in [0.1, 0.15) is 17.5 Å². The van der Waals surface area contributed by atoms with Gasteiger partial charge in [0.2, 0.25) is 5.95 Å². The maximum atomic E-state index is 12.3. The van der Waals surface area contributed by atoms with E-state index in [1.807, 2.05) is 42.5 Å². The molecule has 0 spiro atoms. The summed E-state index contributed by atoms with van der Waals surface area (Å²) in [5, 5.41) is 2.95. The van der Waals surface area contributed by atoms with Gasteiger partial charge in [-0.15, -0.1) is 0 Å². The predicted octanol–water partition coefficient (Wildman–Crippen LogP) is 2.69. The number of piperazine rings is 1. The topological polar surface area (TPSA) is 79.8 Å². The minimum atomic E-state index is -0.435. The Kier molecular flexibility index (Phi) is 7.38. The number of ether oxygens (including phenoxy) is 2. The number of hydrogen-bond acceptors (Lipinski definition) is 7. The van der Waals surface area contributed by atoms with Crippen LogP contribution in [-0.4, -0.2) is 66.2 Å². The highest BCUT2D eigenvalue weighted by molar-refractivity contribution is 5.82. The van der Waals surface area contributed by atoms with Crippen LogP contribution in [0.15, 0.2) is 67.0 Å². The van der Waals surface area contributed by atoms with Crippen LogP contribution in [0.2, 0.25) is 0 Å². The number of nitrogens with one attached hydrogen (secondary N) is 1. The first-order valence-corrected chi connectivity index (χ1v) is 12.2. The molecule has 1 aromatic heterocycles. The number of nitrogens with zero attached hydrogens (tertiary/aromatic N) is 4. The first-order chi connectivity index (χ1) is 17.2. The summed E-state index contributed by atoms with van der Waals surface area (Å²) in [7, 11) is 0. The molecule has 0 saturated carbocycles. The number of aromatic nitrogens is 2. The van der Waals surface area contributed by atoms with Crippen LogP contribution < -0.4 is 19.7 Å². The molecule has 2 aliphatic heterocycles. The molecule has 1 unspecified atom stereocenters. The minimum absolute atomic E-state index is 0.0670. The van der Waals surface area contributed by atoms with Gasteiger partial charge in [-0.2, -0.15) is 0 Å². The van der Waals surface area contributed by atoms with Gasteiger partial charge < -0.3 is 19.7 Å². The first kappa shape index (κ1) is 23.1. The van der Waals surface area contributed by atoms with Crippen LogP contribution in [-0.2, 0) is 17.8 Å². The van der Waals surface area contributed by atoms with Crippen molar-refractivity contribution in [2.24, 2.45) is 0 Å². The number of fused-ring (bicyclic) bond motifs is 1. The van der Waals surface area contributed by atoms with E-state index in [1.165, 1.54) is 5.56 Å². The third-order valence-electron chi connectivity index (χ3n) is 6.37. The molecule has 35 heavy (non-hydrogen) atoms. The Morgan fingerprint density at radius 3 is 2.54 bits per heavy atom. The number of amides is 1. The van der Waals surface area contributed by atoms with Crippen LogP contribution in [0.4, 0.5) is 5.95 Å². The normalized spacial score (nSPS) is 17.5. The molecule has 3 heterocycles. The maximum absolute atomic E-state index is 12.3. The number of para-hydroxylation sites is 1. The summed E-state index contributed by atoms with van der Waals surface area (Å²) in [4.78, 5) is 25.7. The lowest BCUT2D eigenvalue weighted by molar-refractivity contribution is -0.127. The molecule has 182 valence electrons. The zero-order valence-corrected chi connectivity index (χ0v) is 19.8. The fourth-order valence-electron chi connectivity index (χ4n) is 4.43. The Labute approximate surface area is 205 Å². The molecule has 1 N–H and O–H groups in total. The zero-order chi connectivity index (χ0) is 23.9. The minimum Gasteiger partial charge on any atom is -0.494 e. The molecule has 1 fully saturated rings. The van der Waals surface area contributed by atoms with Gasteiger partial charge in [0.1, 0.15) is 11.5 Å². The van der Waals surface area contributed by atoms with Gasteiger partial charge in [0.05, 0.1) is 6.61 Å². The van der Waals surface area contributed by atoms with E-state index in [1.54, 1.807) is 12.4 Å². The molecular weight excluding hydrogens is 442 g/mol. The van der Waals surface area contributed by atoms with Crippen LogP contribution in [0.25, 0.3) is 0 Å². The van der Waals surface area contributed by atoms with Gasteiger partial charge in [0.15, 0.2) is 6.10 Å². The first-order valence-electron chi connectivity index (χ1n) is 12.2. The van der Waals surface area contributed by atoms with Crippen molar-refractivity contribution >= 4 is 11.9 Å². The Morgan fingerprint density at radius 1 is 1.00 bits per heavy atom. The van der Waals surface area contributed by atoms with E-state index in [-0.39, 0.29) is 5.91 Å². The summed E-state index contributed by atoms with van der Waals surface area (Å²) in [6.07, 6.45) is 4.51. The number of carbonyl (C=O) groups is 1. The van der Waals surface area contributed by atoms with Crippen molar-refractivity contribution in [3.05, 3.63) is 78.1 Å². The fourth-order valence-corrected chi connectivity index (χ4v) is 4.43. The van der Waals surface area contributed by atoms with Gasteiger partial charge in [-0.1, -0.05) is 30.3 Å². The summed E-state index contributed by atoms with van der Waals surface area (Å²) >= 11 is 0. The SMILES string of the molecule is O=C(NCCCOc1ccc(CN2CCN(c3ncccn3)CC2)cc1)C1Cc2ccccc2O1. The summed E-state index contributed by atoms with van der Waals surface area (Å²) in [6, 6.07) is 17.9. The molecule has 2 aliphatic rings. The molecule has 5 rings (SSSR count). The van der Waals surface area contributed by atoms with Gasteiger partial charge >= 0.3 is 0 Å². The summed E-state index contributed by atoms with van der Waals surface area (Å²) in [5.74, 6) is 2.40. The van der Waals surface area contributed by atoms with Crippen molar-refractivity contribution in [3.63, 3.8) is 0 Å². The van der Waals surface area contributed by atoms with E-state index in [4.69, 9.17) is 9.47 Å². The lowest BCUT2D eigenvalue weighted by Gasteiger charge is -2.34. The van der Waals surface area contributed by atoms with E-state index in [0.717, 1.165) is 62.2 Å². The Bertz CT molecular complexity index is 1080. The van der Waals surface area contributed by atoms with Crippen LogP contribution in [0.3, 0.4) is 0 Å². The van der Waals surface area contributed by atoms with E-state index < -0.39 is 6.10 Å². The van der Waals surface area contributed by atoms with Crippen molar-refractivity contribution in [2.45, 2.75) is 25.5 Å². The Balaban J connectivity index is 0.971. The number of rotatable bonds is 9. The van der Waals surface area contributed by atoms with Gasteiger partial charge in [-0.05, 0) is 41.8 Å². The van der Waals surface area contributed by atoms with E-state index in [0.29, 0.717) is 19.6 Å². The Morgan fingerprint density at radius 2 is 1.77 bits per heavy atom. The molecule has 1 saturated heterocycles. The number of hydrogen-bond donors (Lipinski definition) is 1. The van der Waals surface area contributed by atoms with Gasteiger partial charge in [0.25, 0.3) is 5.91 Å². The average Bonchev–Trinajstić information content (AvgIpc) is 3.35. The second kappa shape index (κ2) is 11.2. The third-order valence-corrected chi connectivity index (χ3v) is 6.37. The monoisotopic (exact) mass is 473 g/mol. The maximum Gasteiger partial charge on any atom is 0.261 e.